The van der Waals surface area contributed by atoms with Gasteiger partial charge in [-0.3, -0.25) is 9.59 Å². The first-order valence-corrected chi connectivity index (χ1v) is 8.87. The lowest BCUT2D eigenvalue weighted by Gasteiger charge is -2.08. The Morgan fingerprint density at radius 2 is 1.61 bits per heavy atom. The maximum atomic E-state index is 12.2. The molecule has 2 amide bonds. The molecular weight excluding hydrogens is 378 g/mol. The summed E-state index contributed by atoms with van der Waals surface area (Å²) in [6.07, 6.45) is 2.89. The first-order chi connectivity index (χ1) is 13.5. The summed E-state index contributed by atoms with van der Waals surface area (Å²) in [5.41, 5.74) is 2.65. The molecule has 3 N–H and O–H groups in total. The Bertz CT molecular complexity index is 957. The Balaban J connectivity index is 1.55. The normalized spacial score (nSPS) is 10.2. The third-order valence-electron chi connectivity index (χ3n) is 3.73. The largest absolute Gasteiger partial charge is 0.347 e. The number of hydrogen-bond donors (Lipinski definition) is 3. The molecule has 142 valence electrons. The zero-order chi connectivity index (χ0) is 19.9. The van der Waals surface area contributed by atoms with E-state index >= 15 is 0 Å². The molecule has 1 heterocycles. The highest BCUT2D eigenvalue weighted by atomic mass is 35.5. The van der Waals surface area contributed by atoms with Crippen LogP contribution < -0.4 is 16.0 Å². The minimum atomic E-state index is -0.311. The second kappa shape index (κ2) is 8.96. The number of nitrogens with one attached hydrogen (secondary N) is 3. The third-order valence-corrected chi connectivity index (χ3v) is 3.98. The molecule has 0 atom stereocenters. The number of aromatic nitrogens is 2. The number of nitrogens with zero attached hydrogens (tertiary/aromatic N) is 2. The van der Waals surface area contributed by atoms with Crippen molar-refractivity contribution in [1.29, 1.82) is 0 Å². The third kappa shape index (κ3) is 5.52. The summed E-state index contributed by atoms with van der Waals surface area (Å²) in [5.74, 6) is 0.0618. The van der Waals surface area contributed by atoms with Gasteiger partial charge in [0.25, 0.3) is 5.91 Å². The lowest BCUT2D eigenvalue weighted by molar-refractivity contribution is -0.114. The molecule has 0 aliphatic rings. The van der Waals surface area contributed by atoms with Gasteiger partial charge in [-0.15, -0.1) is 0 Å². The highest BCUT2D eigenvalue weighted by molar-refractivity contribution is 6.30. The van der Waals surface area contributed by atoms with Crippen LogP contribution in [0.2, 0.25) is 5.02 Å². The molecule has 2 aromatic carbocycles. The molecule has 28 heavy (non-hydrogen) atoms. The van der Waals surface area contributed by atoms with Crippen molar-refractivity contribution in [1.82, 2.24) is 15.3 Å². The predicted octanol–water partition coefficient (Wildman–Crippen LogP) is 3.76. The molecular formula is C20H18ClN5O2. The van der Waals surface area contributed by atoms with Crippen LogP contribution in [0, 0.1) is 0 Å². The van der Waals surface area contributed by atoms with E-state index in [0.29, 0.717) is 23.1 Å². The van der Waals surface area contributed by atoms with Crippen molar-refractivity contribution in [2.24, 2.45) is 0 Å². The van der Waals surface area contributed by atoms with Crippen molar-refractivity contribution in [3.05, 3.63) is 77.2 Å². The number of halogens is 1. The van der Waals surface area contributed by atoms with Crippen LogP contribution in [-0.4, -0.2) is 21.8 Å². The minimum Gasteiger partial charge on any atom is -0.347 e. The zero-order valence-corrected chi connectivity index (χ0v) is 15.8. The van der Waals surface area contributed by atoms with Gasteiger partial charge in [0.05, 0.1) is 12.4 Å². The predicted molar refractivity (Wildman–Crippen MR) is 109 cm³/mol. The molecule has 0 unspecified atom stereocenters. The summed E-state index contributed by atoms with van der Waals surface area (Å²) < 4.78 is 0. The summed E-state index contributed by atoms with van der Waals surface area (Å²) in [6.45, 7) is 1.83. The van der Waals surface area contributed by atoms with Gasteiger partial charge in [-0.1, -0.05) is 23.7 Å². The maximum absolute atomic E-state index is 12.2. The van der Waals surface area contributed by atoms with Gasteiger partial charge in [0.15, 0.2) is 0 Å². The number of carbonyl (C=O) groups is 2. The summed E-state index contributed by atoms with van der Waals surface area (Å²) in [5, 5.41) is 9.21. The Hall–Kier alpha value is -3.45. The van der Waals surface area contributed by atoms with E-state index in [1.54, 1.807) is 36.4 Å². The zero-order valence-electron chi connectivity index (χ0n) is 15.1. The molecule has 0 aliphatic carbocycles. The van der Waals surface area contributed by atoms with E-state index in [9.17, 15) is 9.59 Å². The Labute approximate surface area is 167 Å². The Morgan fingerprint density at radius 1 is 0.929 bits per heavy atom. The molecule has 0 saturated heterocycles. The van der Waals surface area contributed by atoms with Crippen molar-refractivity contribution < 1.29 is 9.59 Å². The smallest absolute Gasteiger partial charge is 0.271 e. The molecule has 0 bridgehead atoms. The molecule has 7 nitrogen and oxygen atoms in total. The van der Waals surface area contributed by atoms with Gasteiger partial charge >= 0.3 is 0 Å². The maximum Gasteiger partial charge on any atom is 0.271 e. The van der Waals surface area contributed by atoms with Gasteiger partial charge in [0, 0.05) is 29.9 Å². The second-order valence-electron chi connectivity index (χ2n) is 5.98. The summed E-state index contributed by atoms with van der Waals surface area (Å²) in [4.78, 5) is 31.6. The fourth-order valence-corrected chi connectivity index (χ4v) is 2.50. The van der Waals surface area contributed by atoms with E-state index in [4.69, 9.17) is 11.6 Å². The van der Waals surface area contributed by atoms with Gasteiger partial charge < -0.3 is 16.0 Å². The van der Waals surface area contributed by atoms with Gasteiger partial charge in [-0.25, -0.2) is 9.97 Å². The molecule has 1 aromatic heterocycles. The van der Waals surface area contributed by atoms with Gasteiger partial charge in [0.2, 0.25) is 5.91 Å². The molecule has 0 aliphatic heterocycles. The monoisotopic (exact) mass is 395 g/mol. The summed E-state index contributed by atoms with van der Waals surface area (Å²) >= 11 is 5.84. The van der Waals surface area contributed by atoms with Crippen LogP contribution in [-0.2, 0) is 11.3 Å². The number of benzene rings is 2. The summed E-state index contributed by atoms with van der Waals surface area (Å²) in [6, 6.07) is 14.4. The highest BCUT2D eigenvalue weighted by Crippen LogP contribution is 2.17. The minimum absolute atomic E-state index is 0.128. The van der Waals surface area contributed by atoms with E-state index in [2.05, 4.69) is 25.9 Å². The lowest BCUT2D eigenvalue weighted by atomic mass is 10.2. The fourth-order valence-electron chi connectivity index (χ4n) is 2.37. The molecule has 3 aromatic rings. The molecule has 0 radical (unpaired) electrons. The van der Waals surface area contributed by atoms with Crippen LogP contribution >= 0.6 is 11.6 Å². The highest BCUT2D eigenvalue weighted by Gasteiger charge is 2.08. The van der Waals surface area contributed by atoms with Crippen LogP contribution in [0.1, 0.15) is 23.0 Å². The van der Waals surface area contributed by atoms with Gasteiger partial charge in [-0.05, 0) is 42.0 Å². The molecule has 3 rings (SSSR count). The van der Waals surface area contributed by atoms with E-state index in [1.165, 1.54) is 19.3 Å². The van der Waals surface area contributed by atoms with Crippen molar-refractivity contribution in [2.45, 2.75) is 13.5 Å². The van der Waals surface area contributed by atoms with Crippen LogP contribution in [0.15, 0.2) is 60.9 Å². The lowest BCUT2D eigenvalue weighted by Crippen LogP contribution is -2.24. The Morgan fingerprint density at radius 3 is 2.21 bits per heavy atom. The van der Waals surface area contributed by atoms with Crippen LogP contribution in [0.25, 0.3) is 0 Å². The first kappa shape index (κ1) is 19.3. The quantitative estimate of drug-likeness (QED) is 0.590. The van der Waals surface area contributed by atoms with Crippen molar-refractivity contribution in [3.8, 4) is 0 Å². The number of anilines is 3. The van der Waals surface area contributed by atoms with Gasteiger partial charge in [0.1, 0.15) is 11.5 Å². The van der Waals surface area contributed by atoms with Crippen molar-refractivity contribution in [3.63, 3.8) is 0 Å². The number of amides is 2. The topological polar surface area (TPSA) is 96.0 Å². The SMILES string of the molecule is CC(=O)Nc1ccc(Nc2cnc(C(=O)NCc3ccc(Cl)cc3)cn2)cc1. The number of rotatable bonds is 6. The number of carbonyl (C=O) groups excluding carboxylic acids is 2. The van der Waals surface area contributed by atoms with Crippen LogP contribution in [0.5, 0.6) is 0 Å². The summed E-state index contributed by atoms with van der Waals surface area (Å²) in [7, 11) is 0. The second-order valence-corrected chi connectivity index (χ2v) is 6.42. The molecule has 8 heteroatoms. The van der Waals surface area contributed by atoms with E-state index < -0.39 is 0 Å². The van der Waals surface area contributed by atoms with Crippen LogP contribution in [0.4, 0.5) is 17.2 Å². The fraction of sp³-hybridized carbons (Fsp3) is 0.100. The number of hydrogen-bond acceptors (Lipinski definition) is 5. The van der Waals surface area contributed by atoms with E-state index in [1.807, 2.05) is 12.1 Å². The van der Waals surface area contributed by atoms with Crippen molar-refractivity contribution >= 4 is 40.6 Å². The molecule has 0 spiro atoms. The average Bonchev–Trinajstić information content (AvgIpc) is 2.69. The van der Waals surface area contributed by atoms with Crippen molar-refractivity contribution in [2.75, 3.05) is 10.6 Å². The molecule has 0 saturated carbocycles. The van der Waals surface area contributed by atoms with Crippen LogP contribution in [0.3, 0.4) is 0 Å². The average molecular weight is 396 g/mol. The Kier molecular flexibility index (Phi) is 6.18. The van der Waals surface area contributed by atoms with E-state index in [-0.39, 0.29) is 17.5 Å². The standard InChI is InChI=1S/C20H18ClN5O2/c1-13(27)25-16-6-8-17(9-7-16)26-19-12-22-18(11-23-19)20(28)24-10-14-2-4-15(21)5-3-14/h2-9,11-12H,10H2,1H3,(H,23,26)(H,24,28)(H,25,27). The van der Waals surface area contributed by atoms with E-state index in [0.717, 1.165) is 11.3 Å². The first-order valence-electron chi connectivity index (χ1n) is 8.49. The van der Waals surface area contributed by atoms with Gasteiger partial charge in [-0.2, -0.15) is 0 Å². The molecule has 0 fully saturated rings.